The monoisotopic (exact) mass is 250 g/mol. The Hall–Kier alpha value is 0.392. The van der Waals surface area contributed by atoms with E-state index in [1.54, 1.807) is 0 Å². The van der Waals surface area contributed by atoms with Crippen molar-refractivity contribution < 1.29 is 18.9 Å². The normalized spacial score (nSPS) is 24.6. The van der Waals surface area contributed by atoms with E-state index in [4.69, 9.17) is 18.9 Å². The van der Waals surface area contributed by atoms with Crippen molar-refractivity contribution in [3.8, 4) is 0 Å². The largest absolute Gasteiger partial charge is 0.804 e. The topological polar surface area (TPSA) is 80.3 Å². The van der Waals surface area contributed by atoms with Gasteiger partial charge in [0.15, 0.2) is 0 Å². The maximum atomic E-state index is 8.46. The van der Waals surface area contributed by atoms with Gasteiger partial charge in [-0.1, -0.05) is 0 Å². The molecule has 1 aliphatic rings. The fraction of sp³-hybridized carbons (Fsp3) is 0.429. The van der Waals surface area contributed by atoms with Crippen molar-refractivity contribution in [2.45, 2.75) is 17.6 Å². The number of hydrogen-bond acceptors (Lipinski definition) is 4. The van der Waals surface area contributed by atoms with Crippen LogP contribution in [-0.2, 0) is 9.13 Å². The SMILES string of the molecule is C[C]1([Al+2])C=CC=CC1.O=[PH2][O-].O=[PH2][O-]. The molecule has 0 fully saturated rings. The van der Waals surface area contributed by atoms with Crippen molar-refractivity contribution >= 4 is 33.7 Å². The second kappa shape index (κ2) is 11.5. The molecule has 0 aromatic carbocycles. The zero-order chi connectivity index (χ0) is 11.4. The van der Waals surface area contributed by atoms with E-state index in [9.17, 15) is 0 Å². The van der Waals surface area contributed by atoms with Crippen molar-refractivity contribution in [2.24, 2.45) is 0 Å². The summed E-state index contributed by atoms with van der Waals surface area (Å²) in [4.78, 5) is 16.9. The minimum absolute atomic E-state index is 0.328. The van der Waals surface area contributed by atoms with Crippen molar-refractivity contribution in [1.82, 2.24) is 0 Å². The van der Waals surface area contributed by atoms with Gasteiger partial charge in [0, 0.05) is 0 Å². The molecule has 0 amide bonds. The standard InChI is InChI=1S/C7H9.Al.2H3O2P/c1-7-5-3-2-4-6-7;;2*1-3-2/h2-5H,6H2,1H3;;2*3H2,(H,1,2)/q;+2;;/p-2. The molecule has 1 aliphatic carbocycles. The fourth-order valence-corrected chi connectivity index (χ4v) is 0.991. The van der Waals surface area contributed by atoms with E-state index in [1.807, 2.05) is 0 Å². The Kier molecular flexibility index (Phi) is 13.8. The van der Waals surface area contributed by atoms with Crippen LogP contribution in [0.25, 0.3) is 0 Å². The molecule has 78 valence electrons. The number of rotatable bonds is 0. The molecule has 0 N–H and O–H groups in total. The Balaban J connectivity index is 0. The third-order valence-electron chi connectivity index (χ3n) is 1.28. The van der Waals surface area contributed by atoms with E-state index in [1.165, 1.54) is 0 Å². The van der Waals surface area contributed by atoms with E-state index < -0.39 is 17.4 Å². The third kappa shape index (κ3) is 14.9. The maximum absolute atomic E-state index is 8.46. The van der Waals surface area contributed by atoms with Crippen molar-refractivity contribution in [1.29, 1.82) is 0 Å². The summed E-state index contributed by atoms with van der Waals surface area (Å²) in [6, 6.07) is 0. The van der Waals surface area contributed by atoms with Crippen molar-refractivity contribution in [3.05, 3.63) is 24.3 Å². The Bertz CT molecular complexity index is 210. The minimum Gasteiger partial charge on any atom is -0.804 e. The second-order valence-electron chi connectivity index (χ2n) is 2.69. The van der Waals surface area contributed by atoms with Crippen LogP contribution in [-0.4, -0.2) is 16.3 Å². The first kappa shape index (κ1) is 16.8. The van der Waals surface area contributed by atoms with Crippen LogP contribution in [0, 0.1) is 0 Å². The van der Waals surface area contributed by atoms with E-state index in [0.29, 0.717) is 4.28 Å². The Morgan fingerprint density at radius 2 is 1.71 bits per heavy atom. The van der Waals surface area contributed by atoms with Crippen LogP contribution < -0.4 is 9.79 Å². The van der Waals surface area contributed by atoms with E-state index >= 15 is 0 Å². The van der Waals surface area contributed by atoms with Gasteiger partial charge in [-0.3, -0.25) is 0 Å². The molecule has 4 nitrogen and oxygen atoms in total. The molecule has 0 aromatic heterocycles. The molecule has 0 saturated carbocycles. The van der Waals surface area contributed by atoms with E-state index in [-0.39, 0.29) is 0 Å². The molecule has 7 heteroatoms. The van der Waals surface area contributed by atoms with Gasteiger partial charge in [0.25, 0.3) is 0 Å². The fourth-order valence-electron chi connectivity index (χ4n) is 0.744. The summed E-state index contributed by atoms with van der Waals surface area (Å²) < 4.78 is 17.2. The van der Waals surface area contributed by atoms with E-state index in [2.05, 4.69) is 47.5 Å². The zero-order valence-corrected chi connectivity index (χ0v) is 11.3. The Labute approximate surface area is 94.7 Å². The van der Waals surface area contributed by atoms with Gasteiger partial charge in [-0.25, -0.2) is 0 Å². The Morgan fingerprint density at radius 3 is 1.86 bits per heavy atom. The van der Waals surface area contributed by atoms with Gasteiger partial charge >= 0.3 is 58.2 Å². The van der Waals surface area contributed by atoms with Crippen LogP contribution in [0.4, 0.5) is 0 Å². The zero-order valence-electron chi connectivity index (χ0n) is 7.88. The summed E-state index contributed by atoms with van der Waals surface area (Å²) in [5, 5.41) is 0. The molecule has 0 bridgehead atoms. The van der Waals surface area contributed by atoms with E-state index in [0.717, 1.165) is 6.42 Å². The number of allylic oxidation sites excluding steroid dienone is 4. The summed E-state index contributed by atoms with van der Waals surface area (Å²) >= 11 is 2.83. The molecule has 0 saturated heterocycles. The first-order valence-corrected chi connectivity index (χ1v) is 6.24. The summed E-state index contributed by atoms with van der Waals surface area (Å²) in [5.41, 5.74) is 0. The predicted molar refractivity (Wildman–Crippen MR) is 57.8 cm³/mol. The first-order chi connectivity index (χ1) is 6.54. The third-order valence-corrected chi connectivity index (χ3v) is 1.71. The molecule has 0 aliphatic heterocycles. The Morgan fingerprint density at radius 1 is 1.29 bits per heavy atom. The van der Waals surface area contributed by atoms with Gasteiger partial charge in [-0.2, -0.15) is 0 Å². The van der Waals surface area contributed by atoms with Gasteiger partial charge < -0.3 is 18.9 Å². The molecule has 0 spiro atoms. The molecule has 0 radical (unpaired) electrons. The van der Waals surface area contributed by atoms with Crippen LogP contribution in [0.2, 0.25) is 4.28 Å². The average Bonchev–Trinajstić information content (AvgIpc) is 2.06. The molecule has 3 atom stereocenters. The van der Waals surface area contributed by atoms with Gasteiger partial charge in [0.05, 0.1) is 0 Å². The van der Waals surface area contributed by atoms with Crippen LogP contribution in [0.15, 0.2) is 24.3 Å². The van der Waals surface area contributed by atoms with Crippen LogP contribution in [0.1, 0.15) is 13.3 Å². The summed E-state index contributed by atoms with van der Waals surface area (Å²) in [5.74, 6) is 0. The molecule has 0 aromatic rings. The van der Waals surface area contributed by atoms with Gasteiger partial charge in [-0.05, 0) is 17.4 Å². The summed E-state index contributed by atoms with van der Waals surface area (Å²) in [7, 11) is -3.50. The average molecular weight is 250 g/mol. The van der Waals surface area contributed by atoms with Gasteiger partial charge in [0.1, 0.15) is 0 Å². The maximum Gasteiger partial charge on any atom is -0.0110 e. The van der Waals surface area contributed by atoms with Gasteiger partial charge in [0.2, 0.25) is 0 Å². The molecular formula is C7H13AlO4P2. The van der Waals surface area contributed by atoms with Crippen LogP contribution in [0.5, 0.6) is 0 Å². The molecular weight excluding hydrogens is 237 g/mol. The van der Waals surface area contributed by atoms with Crippen molar-refractivity contribution in [2.75, 3.05) is 0 Å². The molecule has 0 heterocycles. The van der Waals surface area contributed by atoms with Crippen molar-refractivity contribution in [3.63, 3.8) is 0 Å². The quantitative estimate of drug-likeness (QED) is 0.443. The summed E-state index contributed by atoms with van der Waals surface area (Å²) in [6.45, 7) is 2.21. The number of hydrogen-bond donors (Lipinski definition) is 0. The van der Waals surface area contributed by atoms with Crippen LogP contribution >= 0.6 is 17.4 Å². The smallest absolute Gasteiger partial charge is 0.0110 e. The second-order valence-corrected chi connectivity index (χ2v) is 4.39. The molecule has 1 rings (SSSR count). The predicted octanol–water partition coefficient (Wildman–Crippen LogP) is -0.114. The molecule has 14 heavy (non-hydrogen) atoms. The van der Waals surface area contributed by atoms with Crippen LogP contribution in [0.3, 0.4) is 0 Å². The van der Waals surface area contributed by atoms with Gasteiger partial charge in [-0.15, -0.1) is 0 Å². The summed E-state index contributed by atoms with van der Waals surface area (Å²) in [6.07, 6.45) is 9.72. The first-order valence-electron chi connectivity index (χ1n) is 3.78. The molecule has 3 unspecified atom stereocenters. The minimum atomic E-state index is -1.75.